The fourth-order valence-electron chi connectivity index (χ4n) is 2.48. The van der Waals surface area contributed by atoms with Gasteiger partial charge in [-0.15, -0.1) is 0 Å². The molecule has 0 bridgehead atoms. The highest BCUT2D eigenvalue weighted by atomic mass is 79.9. The van der Waals surface area contributed by atoms with Crippen LogP contribution in [0.25, 0.3) is 6.08 Å². The van der Waals surface area contributed by atoms with Crippen molar-refractivity contribution in [2.24, 2.45) is 0 Å². The highest BCUT2D eigenvalue weighted by Crippen LogP contribution is 2.34. The van der Waals surface area contributed by atoms with Gasteiger partial charge in [0.2, 0.25) is 0 Å². The van der Waals surface area contributed by atoms with E-state index in [4.69, 9.17) is 16.3 Å². The maximum absolute atomic E-state index is 12.4. The topological polar surface area (TPSA) is 72.9 Å². The van der Waals surface area contributed by atoms with Gasteiger partial charge in [-0.25, -0.2) is 0 Å². The predicted octanol–water partition coefficient (Wildman–Crippen LogP) is 4.89. The first-order valence-corrected chi connectivity index (χ1v) is 10.4. The number of thioether (sulfide) groups is 1. The number of methoxy groups -OCH3 is 1. The third kappa shape index (κ3) is 5.20. The second kappa shape index (κ2) is 9.47. The first kappa shape index (κ1) is 21.4. The van der Waals surface area contributed by atoms with Gasteiger partial charge in [-0.3, -0.25) is 19.3 Å². The summed E-state index contributed by atoms with van der Waals surface area (Å²) in [5.41, 5.74) is 1.56. The summed E-state index contributed by atoms with van der Waals surface area (Å²) in [6.07, 6.45) is 1.59. The van der Waals surface area contributed by atoms with Crippen molar-refractivity contribution in [3.8, 4) is 5.75 Å². The van der Waals surface area contributed by atoms with Crippen molar-refractivity contribution in [3.63, 3.8) is 0 Å². The molecule has 0 spiro atoms. The summed E-state index contributed by atoms with van der Waals surface area (Å²) in [7, 11) is 1.20. The minimum absolute atomic E-state index is 0.232. The Labute approximate surface area is 184 Å². The quantitative estimate of drug-likeness (QED) is 0.419. The number of nitrogens with zero attached hydrogens (tertiary/aromatic N) is 1. The van der Waals surface area contributed by atoms with Gasteiger partial charge in [-0.1, -0.05) is 35.9 Å². The van der Waals surface area contributed by atoms with Crippen LogP contribution in [0.4, 0.5) is 4.79 Å². The molecule has 3 rings (SSSR count). The minimum atomic E-state index is -0.656. The van der Waals surface area contributed by atoms with Gasteiger partial charge >= 0.3 is 5.97 Å². The lowest BCUT2D eigenvalue weighted by Crippen LogP contribution is -2.34. The fourth-order valence-corrected chi connectivity index (χ4v) is 4.02. The van der Waals surface area contributed by atoms with E-state index in [1.807, 2.05) is 18.2 Å². The Bertz CT molecular complexity index is 1010. The molecule has 1 heterocycles. The van der Waals surface area contributed by atoms with Crippen LogP contribution in [-0.2, 0) is 20.9 Å². The molecule has 0 atom stereocenters. The number of hydrogen-bond acceptors (Lipinski definition) is 6. The highest BCUT2D eigenvalue weighted by molar-refractivity contribution is 9.10. The first-order chi connectivity index (χ1) is 13.9. The summed E-state index contributed by atoms with van der Waals surface area (Å²) in [5, 5.41) is 0.119. The van der Waals surface area contributed by atoms with Gasteiger partial charge in [-0.05, 0) is 57.5 Å². The van der Waals surface area contributed by atoms with Crippen LogP contribution in [0.2, 0.25) is 5.02 Å². The van der Waals surface area contributed by atoms with Crippen LogP contribution in [-0.4, -0.2) is 35.7 Å². The van der Waals surface area contributed by atoms with E-state index in [-0.39, 0.29) is 4.91 Å². The van der Waals surface area contributed by atoms with Crippen molar-refractivity contribution < 1.29 is 23.9 Å². The molecule has 0 aromatic heterocycles. The molecule has 29 heavy (non-hydrogen) atoms. The number of imide groups is 1. The predicted molar refractivity (Wildman–Crippen MR) is 115 cm³/mol. The highest BCUT2D eigenvalue weighted by Gasteiger charge is 2.36. The number of amides is 2. The van der Waals surface area contributed by atoms with E-state index in [1.54, 1.807) is 30.3 Å². The van der Waals surface area contributed by atoms with Gasteiger partial charge in [-0.2, -0.15) is 0 Å². The Kier molecular flexibility index (Phi) is 7.00. The Morgan fingerprint density at radius 2 is 2.00 bits per heavy atom. The summed E-state index contributed by atoms with van der Waals surface area (Å²) in [6, 6.07) is 12.7. The van der Waals surface area contributed by atoms with Crippen LogP contribution in [0.3, 0.4) is 0 Å². The van der Waals surface area contributed by atoms with Crippen molar-refractivity contribution in [3.05, 3.63) is 68.0 Å². The second-order valence-corrected chi connectivity index (χ2v) is 8.17. The van der Waals surface area contributed by atoms with E-state index in [1.165, 1.54) is 7.11 Å². The zero-order valence-corrected chi connectivity index (χ0v) is 18.3. The lowest BCUT2D eigenvalue weighted by Gasteiger charge is -2.10. The molecule has 1 fully saturated rings. The minimum Gasteiger partial charge on any atom is -0.488 e. The van der Waals surface area contributed by atoms with Crippen LogP contribution in [0, 0.1) is 0 Å². The van der Waals surface area contributed by atoms with Crippen LogP contribution < -0.4 is 4.74 Å². The molecular formula is C20H15BrClNO5S. The number of rotatable bonds is 6. The summed E-state index contributed by atoms with van der Waals surface area (Å²) in [4.78, 5) is 36.8. The molecule has 2 amide bonds. The molecule has 6 nitrogen and oxygen atoms in total. The average molecular weight is 497 g/mol. The lowest BCUT2D eigenvalue weighted by molar-refractivity contribution is -0.143. The maximum atomic E-state index is 12.4. The summed E-state index contributed by atoms with van der Waals surface area (Å²) < 4.78 is 11.0. The standard InChI is InChI=1S/C20H15BrClNO5S/c1-27-18(24)10-23-19(25)17(29-20(23)26)9-12-6-7-16(14(21)8-12)28-11-13-4-2-3-5-15(13)22/h2-9H,10-11H2,1H3/b17-9+. The number of hydrogen-bond donors (Lipinski definition) is 0. The number of halogens is 2. The number of esters is 1. The van der Waals surface area contributed by atoms with Crippen LogP contribution in [0.5, 0.6) is 5.75 Å². The molecule has 2 aromatic carbocycles. The van der Waals surface area contributed by atoms with Gasteiger partial charge in [0.15, 0.2) is 0 Å². The Morgan fingerprint density at radius 1 is 1.24 bits per heavy atom. The molecule has 1 aliphatic heterocycles. The zero-order chi connectivity index (χ0) is 21.0. The number of carbonyl (C=O) groups is 3. The fraction of sp³-hybridized carbons (Fsp3) is 0.150. The molecule has 2 aromatic rings. The van der Waals surface area contributed by atoms with E-state index in [0.717, 1.165) is 22.2 Å². The SMILES string of the molecule is COC(=O)CN1C(=O)S/C(=C/c2ccc(OCc3ccccc3Cl)c(Br)c2)C1=O. The van der Waals surface area contributed by atoms with Crippen molar-refractivity contribution in [1.29, 1.82) is 0 Å². The molecule has 150 valence electrons. The average Bonchev–Trinajstić information content (AvgIpc) is 2.95. The monoisotopic (exact) mass is 495 g/mol. The second-order valence-electron chi connectivity index (χ2n) is 5.91. The van der Waals surface area contributed by atoms with Gasteiger partial charge in [0.05, 0.1) is 16.5 Å². The number of carbonyl (C=O) groups excluding carboxylic acids is 3. The summed E-state index contributed by atoms with van der Waals surface area (Å²) in [6.45, 7) is -0.0962. The summed E-state index contributed by atoms with van der Waals surface area (Å²) in [5.74, 6) is -0.572. The molecule has 0 N–H and O–H groups in total. The van der Waals surface area contributed by atoms with Gasteiger partial charge in [0.1, 0.15) is 18.9 Å². The van der Waals surface area contributed by atoms with Crippen LogP contribution in [0.15, 0.2) is 51.8 Å². The van der Waals surface area contributed by atoms with Gasteiger partial charge < -0.3 is 9.47 Å². The summed E-state index contributed by atoms with van der Waals surface area (Å²) >= 11 is 10.4. The van der Waals surface area contributed by atoms with Crippen LogP contribution >= 0.6 is 39.3 Å². The van der Waals surface area contributed by atoms with E-state index < -0.39 is 23.7 Å². The zero-order valence-electron chi connectivity index (χ0n) is 15.2. The molecule has 0 unspecified atom stereocenters. The van der Waals surface area contributed by atoms with Crippen LogP contribution in [0.1, 0.15) is 11.1 Å². The maximum Gasteiger partial charge on any atom is 0.325 e. The Morgan fingerprint density at radius 3 is 2.69 bits per heavy atom. The Balaban J connectivity index is 1.71. The molecule has 0 saturated carbocycles. The molecular weight excluding hydrogens is 482 g/mol. The largest absolute Gasteiger partial charge is 0.488 e. The van der Waals surface area contributed by atoms with E-state index in [9.17, 15) is 14.4 Å². The lowest BCUT2D eigenvalue weighted by atomic mass is 10.2. The molecule has 9 heteroatoms. The molecule has 0 aliphatic carbocycles. The molecule has 0 radical (unpaired) electrons. The van der Waals surface area contributed by atoms with Gasteiger partial charge in [0, 0.05) is 10.6 Å². The van der Waals surface area contributed by atoms with Crippen molar-refractivity contribution >= 4 is 62.5 Å². The third-order valence-corrected chi connectivity index (χ3v) is 5.88. The van der Waals surface area contributed by atoms with Gasteiger partial charge in [0.25, 0.3) is 11.1 Å². The van der Waals surface area contributed by atoms with Crippen molar-refractivity contribution in [2.75, 3.05) is 13.7 Å². The smallest absolute Gasteiger partial charge is 0.325 e. The molecule has 1 saturated heterocycles. The normalized spacial score (nSPS) is 15.1. The van der Waals surface area contributed by atoms with Crippen molar-refractivity contribution in [1.82, 2.24) is 4.90 Å². The third-order valence-electron chi connectivity index (χ3n) is 3.98. The number of benzene rings is 2. The van der Waals surface area contributed by atoms with E-state index >= 15 is 0 Å². The first-order valence-electron chi connectivity index (χ1n) is 8.37. The van der Waals surface area contributed by atoms with Crippen molar-refractivity contribution in [2.45, 2.75) is 6.61 Å². The molecule has 1 aliphatic rings. The van der Waals surface area contributed by atoms with E-state index in [2.05, 4.69) is 20.7 Å². The number of ether oxygens (including phenoxy) is 2. The van der Waals surface area contributed by atoms with E-state index in [0.29, 0.717) is 27.4 Å². The Hall–Kier alpha value is -2.29.